The number of amides is 2. The Labute approximate surface area is 257 Å². The molecule has 2 aliphatic heterocycles. The predicted molar refractivity (Wildman–Crippen MR) is 166 cm³/mol. The molecule has 224 valence electrons. The molecule has 0 aliphatic carbocycles. The largest absolute Gasteiger partial charge is 0.361 e. The molecule has 11 nitrogen and oxygen atoms in total. The number of thioether (sulfide) groups is 1. The molecule has 0 bridgehead atoms. The maximum Gasteiger partial charge on any atom is 0.361 e. The Morgan fingerprint density at radius 1 is 1.02 bits per heavy atom. The molecule has 0 aromatic heterocycles. The van der Waals surface area contributed by atoms with Gasteiger partial charge in [-0.1, -0.05) is 60.7 Å². The summed E-state index contributed by atoms with van der Waals surface area (Å²) in [6.07, 6.45) is 0.802. The van der Waals surface area contributed by atoms with Crippen molar-refractivity contribution in [1.82, 2.24) is 10.9 Å². The van der Waals surface area contributed by atoms with Gasteiger partial charge >= 0.3 is 5.97 Å². The molecule has 2 amide bonds. The molecular formula is C32H29N5O6S. The van der Waals surface area contributed by atoms with Crippen LogP contribution >= 0.6 is 11.8 Å². The first-order valence-corrected chi connectivity index (χ1v) is 14.8. The van der Waals surface area contributed by atoms with E-state index < -0.39 is 28.8 Å². The highest BCUT2D eigenvalue weighted by Crippen LogP contribution is 2.41. The molecule has 2 unspecified atom stereocenters. The van der Waals surface area contributed by atoms with Crippen LogP contribution in [0.5, 0.6) is 0 Å². The summed E-state index contributed by atoms with van der Waals surface area (Å²) in [6.45, 7) is 3.17. The summed E-state index contributed by atoms with van der Waals surface area (Å²) < 4.78 is 0. The average molecular weight is 612 g/mol. The molecule has 0 fully saturated rings. The summed E-state index contributed by atoms with van der Waals surface area (Å²) in [5.41, 5.74) is 8.48. The first-order chi connectivity index (χ1) is 21.2. The van der Waals surface area contributed by atoms with E-state index in [0.717, 1.165) is 16.0 Å². The topological polar surface area (TPSA) is 152 Å². The van der Waals surface area contributed by atoms with Gasteiger partial charge in [0.05, 0.1) is 22.9 Å². The van der Waals surface area contributed by atoms with E-state index in [0.29, 0.717) is 29.9 Å². The van der Waals surface area contributed by atoms with Crippen LogP contribution in [0.15, 0.2) is 105 Å². The van der Waals surface area contributed by atoms with E-state index >= 15 is 0 Å². The molecule has 2 N–H and O–H groups in total. The lowest BCUT2D eigenvalue weighted by Crippen LogP contribution is -2.41. The number of hydrogen-bond acceptors (Lipinski definition) is 9. The van der Waals surface area contributed by atoms with Crippen molar-refractivity contribution in [3.8, 4) is 0 Å². The van der Waals surface area contributed by atoms with Crippen LogP contribution in [-0.4, -0.2) is 40.2 Å². The first kappa shape index (κ1) is 30.4. The van der Waals surface area contributed by atoms with Gasteiger partial charge in [-0.3, -0.25) is 24.7 Å². The van der Waals surface area contributed by atoms with Crippen molar-refractivity contribution in [1.29, 1.82) is 0 Å². The van der Waals surface area contributed by atoms with E-state index in [2.05, 4.69) is 21.0 Å². The fourth-order valence-corrected chi connectivity index (χ4v) is 6.25. The van der Waals surface area contributed by atoms with Crippen molar-refractivity contribution in [3.05, 3.63) is 123 Å². The Bertz CT molecular complexity index is 1700. The predicted octanol–water partition coefficient (Wildman–Crippen LogP) is 4.96. The molecule has 2 aliphatic rings. The third-order valence-electron chi connectivity index (χ3n) is 7.35. The summed E-state index contributed by atoms with van der Waals surface area (Å²) in [5.74, 6) is -2.14. The summed E-state index contributed by atoms with van der Waals surface area (Å²) >= 11 is 1.51. The minimum absolute atomic E-state index is 0.00179. The highest BCUT2D eigenvalue weighted by atomic mass is 32.2. The first-order valence-electron chi connectivity index (χ1n) is 13.9. The Kier molecular flexibility index (Phi) is 9.29. The number of hydroxylamine groups is 1. The zero-order valence-corrected chi connectivity index (χ0v) is 24.8. The summed E-state index contributed by atoms with van der Waals surface area (Å²) in [5, 5.41) is 16.4. The number of hydrazone groups is 1. The van der Waals surface area contributed by atoms with Gasteiger partial charge in [0.25, 0.3) is 11.9 Å². The van der Waals surface area contributed by atoms with Gasteiger partial charge in [0.1, 0.15) is 0 Å². The van der Waals surface area contributed by atoms with Crippen LogP contribution in [0.25, 0.3) is 0 Å². The zero-order chi connectivity index (χ0) is 31.2. The Hall–Kier alpha value is -5.10. The Morgan fingerprint density at radius 3 is 2.41 bits per heavy atom. The fourth-order valence-electron chi connectivity index (χ4n) is 5.20. The molecule has 2 atom stereocenters. The van der Waals surface area contributed by atoms with Crippen molar-refractivity contribution >= 4 is 41.0 Å². The molecule has 12 heteroatoms. The third-order valence-corrected chi connectivity index (χ3v) is 8.51. The smallest absolute Gasteiger partial charge is 0.335 e. The average Bonchev–Trinajstić information content (AvgIpc) is 3.03. The van der Waals surface area contributed by atoms with E-state index in [1.165, 1.54) is 11.8 Å². The van der Waals surface area contributed by atoms with Crippen LogP contribution in [0.3, 0.4) is 0 Å². The van der Waals surface area contributed by atoms with Gasteiger partial charge in [0.15, 0.2) is 0 Å². The number of nitrogens with one attached hydrogen (secondary N) is 2. The van der Waals surface area contributed by atoms with Crippen molar-refractivity contribution in [2.45, 2.75) is 49.3 Å². The van der Waals surface area contributed by atoms with Crippen molar-refractivity contribution < 1.29 is 24.1 Å². The van der Waals surface area contributed by atoms with E-state index in [-0.39, 0.29) is 28.5 Å². The maximum absolute atomic E-state index is 13.5. The summed E-state index contributed by atoms with van der Waals surface area (Å²) in [7, 11) is 0. The van der Waals surface area contributed by atoms with E-state index in [4.69, 9.17) is 4.84 Å². The second-order valence-corrected chi connectivity index (χ2v) is 11.3. The standard InChI is InChI=1S/C32H29N5O6S/c1-19-28(32(40)43-36-31(39)23-14-12-22(13-15-23)25-16-17-27(38)35-34-25)29(30(37(41)42)20(2)33-19)24-10-6-7-11-26(24)44-18-21-8-4-3-5-9-21/h3-15,29-30H,16-18H2,1-2H3,(H,35,38)(H,36,39). The summed E-state index contributed by atoms with van der Waals surface area (Å²) in [4.78, 5) is 60.0. The minimum atomic E-state index is -1.31. The molecule has 2 heterocycles. The van der Waals surface area contributed by atoms with Crippen molar-refractivity contribution in [2.75, 3.05) is 0 Å². The van der Waals surface area contributed by atoms with Crippen LogP contribution in [-0.2, 0) is 20.2 Å². The monoisotopic (exact) mass is 611 g/mol. The van der Waals surface area contributed by atoms with Crippen molar-refractivity contribution in [2.24, 2.45) is 10.1 Å². The molecule has 0 spiro atoms. The fraction of sp³-hybridized carbons (Fsp3) is 0.219. The second-order valence-electron chi connectivity index (χ2n) is 10.3. The zero-order valence-electron chi connectivity index (χ0n) is 24.0. The number of allylic oxidation sites excluding steroid dienone is 1. The lowest BCUT2D eigenvalue weighted by Gasteiger charge is -2.28. The maximum atomic E-state index is 13.5. The van der Waals surface area contributed by atoms with Gasteiger partial charge < -0.3 is 4.84 Å². The number of aliphatic imine (C=N–C) groups is 1. The molecule has 0 saturated heterocycles. The van der Waals surface area contributed by atoms with E-state index in [9.17, 15) is 24.5 Å². The summed E-state index contributed by atoms with van der Waals surface area (Å²) in [6, 6.07) is 22.2. The SMILES string of the molecule is CC1=NC(C)=C(C(=O)ONC(=O)c2ccc(C3=NNC(=O)CC3)cc2)C(c2ccccc2SCc2ccccc2)C1[N+](=O)[O-]. The van der Waals surface area contributed by atoms with Gasteiger partial charge in [0.2, 0.25) is 5.91 Å². The van der Waals surface area contributed by atoms with Crippen LogP contribution < -0.4 is 10.9 Å². The molecule has 3 aromatic rings. The van der Waals surface area contributed by atoms with Crippen LogP contribution in [0.4, 0.5) is 0 Å². The number of carbonyl (C=O) groups is 3. The Balaban J connectivity index is 1.37. The third kappa shape index (κ3) is 6.76. The lowest BCUT2D eigenvalue weighted by molar-refractivity contribution is -0.505. The molecule has 44 heavy (non-hydrogen) atoms. The van der Waals surface area contributed by atoms with E-state index in [1.54, 1.807) is 50.2 Å². The number of nitrogens with zero attached hydrogens (tertiary/aromatic N) is 3. The number of hydrogen-bond donors (Lipinski definition) is 2. The van der Waals surface area contributed by atoms with Gasteiger partial charge in [-0.2, -0.15) is 10.6 Å². The number of nitro groups is 1. The van der Waals surface area contributed by atoms with Gasteiger partial charge in [-0.15, -0.1) is 11.8 Å². The molecule has 3 aromatic carbocycles. The quantitative estimate of drug-likeness (QED) is 0.207. The number of rotatable bonds is 8. The van der Waals surface area contributed by atoms with Gasteiger partial charge in [-0.05, 0) is 48.7 Å². The lowest BCUT2D eigenvalue weighted by atomic mass is 9.80. The Morgan fingerprint density at radius 2 is 1.73 bits per heavy atom. The molecule has 0 radical (unpaired) electrons. The van der Waals surface area contributed by atoms with Crippen LogP contribution in [0, 0.1) is 10.1 Å². The van der Waals surface area contributed by atoms with Gasteiger partial charge in [0, 0.05) is 39.7 Å². The second kappa shape index (κ2) is 13.5. The highest BCUT2D eigenvalue weighted by Gasteiger charge is 2.46. The molecule has 0 saturated carbocycles. The molecule has 5 rings (SSSR count). The highest BCUT2D eigenvalue weighted by molar-refractivity contribution is 7.98. The number of benzene rings is 3. The molecular weight excluding hydrogens is 582 g/mol. The van der Waals surface area contributed by atoms with Gasteiger partial charge in [-0.25, -0.2) is 10.2 Å². The van der Waals surface area contributed by atoms with Crippen molar-refractivity contribution in [3.63, 3.8) is 0 Å². The number of carbonyl (C=O) groups excluding carboxylic acids is 3. The minimum Gasteiger partial charge on any atom is -0.335 e. The normalized spacial score (nSPS) is 18.1. The van der Waals surface area contributed by atoms with Crippen LogP contribution in [0.2, 0.25) is 0 Å². The van der Waals surface area contributed by atoms with E-state index in [1.807, 2.05) is 42.5 Å². The van der Waals surface area contributed by atoms with Crippen LogP contribution in [0.1, 0.15) is 59.7 Å².